The molecule has 0 radical (unpaired) electrons. The largest absolute Gasteiger partial charge is 0.481 e. The van der Waals surface area contributed by atoms with E-state index < -0.39 is 11.4 Å². The number of rotatable bonds is 6. The number of hydrogen-bond acceptors (Lipinski definition) is 2. The Balaban J connectivity index is 1.47. The van der Waals surface area contributed by atoms with Crippen molar-refractivity contribution in [2.75, 3.05) is 6.54 Å². The summed E-state index contributed by atoms with van der Waals surface area (Å²) in [6, 6.07) is 12.8. The van der Waals surface area contributed by atoms with Crippen molar-refractivity contribution in [2.45, 2.75) is 89.0 Å². The minimum atomic E-state index is -0.903. The standard InChI is InChI=1S/C31H37NO2/c1-30(2)16-15-27(32-19-21-6-7-21)28-25(23-11-12-23)17-22(18-26(28)30)8-5-20-9-13-24(14-10-20)31(3,4)29(33)34/h9-10,13-14,17-18,21,23,27,32H,6-7,11-12,15-16,19H2,1-4H3,(H,33,34). The summed E-state index contributed by atoms with van der Waals surface area (Å²) in [5.41, 5.74) is 6.66. The smallest absolute Gasteiger partial charge is 0.313 e. The third-order valence-electron chi connectivity index (χ3n) is 8.21. The van der Waals surface area contributed by atoms with Crippen molar-refractivity contribution in [3.8, 4) is 11.8 Å². The summed E-state index contributed by atoms with van der Waals surface area (Å²) in [6.07, 6.45) is 7.77. The fourth-order valence-electron chi connectivity index (χ4n) is 5.29. The summed E-state index contributed by atoms with van der Waals surface area (Å²) < 4.78 is 0. The molecule has 3 aliphatic rings. The highest BCUT2D eigenvalue weighted by Gasteiger charge is 2.38. The summed E-state index contributed by atoms with van der Waals surface area (Å²) >= 11 is 0. The van der Waals surface area contributed by atoms with Crippen LogP contribution in [0.1, 0.15) is 112 Å². The highest BCUT2D eigenvalue weighted by Crippen LogP contribution is 2.50. The minimum absolute atomic E-state index is 0.165. The van der Waals surface area contributed by atoms with E-state index in [9.17, 15) is 9.90 Å². The Kier molecular flexibility index (Phi) is 5.85. The van der Waals surface area contributed by atoms with Gasteiger partial charge < -0.3 is 10.4 Å². The van der Waals surface area contributed by atoms with Gasteiger partial charge >= 0.3 is 5.97 Å². The second kappa shape index (κ2) is 8.58. The number of fused-ring (bicyclic) bond motifs is 1. The molecule has 1 unspecified atom stereocenters. The third kappa shape index (κ3) is 4.66. The van der Waals surface area contributed by atoms with E-state index in [2.05, 4.69) is 43.1 Å². The third-order valence-corrected chi connectivity index (χ3v) is 8.21. The molecule has 0 spiro atoms. The predicted octanol–water partition coefficient (Wildman–Crippen LogP) is 6.44. The van der Waals surface area contributed by atoms with Crippen molar-refractivity contribution in [3.05, 3.63) is 69.8 Å². The number of aliphatic carboxylic acids is 1. The summed E-state index contributed by atoms with van der Waals surface area (Å²) in [4.78, 5) is 11.5. The molecule has 0 amide bonds. The zero-order chi connectivity index (χ0) is 24.1. The van der Waals surface area contributed by atoms with Gasteiger partial charge in [0.15, 0.2) is 0 Å². The lowest BCUT2D eigenvalue weighted by molar-refractivity contribution is -0.142. The summed E-state index contributed by atoms with van der Waals surface area (Å²) in [5, 5.41) is 13.4. The van der Waals surface area contributed by atoms with Crippen LogP contribution in [-0.2, 0) is 15.6 Å². The molecular formula is C31H37NO2. The SMILES string of the molecule is CC1(C)CCC(NCC2CC2)c2c(C3CC3)cc(C#Cc3ccc(C(C)(C)C(=O)O)cc3)cc21. The molecule has 2 N–H and O–H groups in total. The first-order chi connectivity index (χ1) is 16.1. The second-order valence-electron chi connectivity index (χ2n) is 11.9. The molecule has 0 bridgehead atoms. The van der Waals surface area contributed by atoms with Crippen LogP contribution in [0.3, 0.4) is 0 Å². The van der Waals surface area contributed by atoms with Gasteiger partial charge in [0.25, 0.3) is 0 Å². The Hall–Kier alpha value is -2.57. The number of carboxylic acid groups (broad SMARTS) is 1. The topological polar surface area (TPSA) is 49.3 Å². The van der Waals surface area contributed by atoms with Gasteiger partial charge in [-0.3, -0.25) is 4.79 Å². The lowest BCUT2D eigenvalue weighted by Gasteiger charge is -2.39. The Morgan fingerprint density at radius 2 is 1.71 bits per heavy atom. The van der Waals surface area contributed by atoms with Crippen LogP contribution in [0, 0.1) is 17.8 Å². The van der Waals surface area contributed by atoms with Crippen LogP contribution < -0.4 is 5.32 Å². The Bertz CT molecular complexity index is 1150. The average molecular weight is 456 g/mol. The van der Waals surface area contributed by atoms with Gasteiger partial charge in [-0.2, -0.15) is 0 Å². The molecule has 1 atom stereocenters. The number of benzene rings is 2. The van der Waals surface area contributed by atoms with E-state index in [0.717, 1.165) is 29.2 Å². The molecular weight excluding hydrogens is 418 g/mol. The van der Waals surface area contributed by atoms with Gasteiger partial charge in [0, 0.05) is 17.2 Å². The lowest BCUT2D eigenvalue weighted by atomic mass is 9.68. The summed E-state index contributed by atoms with van der Waals surface area (Å²) in [7, 11) is 0. The highest BCUT2D eigenvalue weighted by molar-refractivity contribution is 5.80. The highest BCUT2D eigenvalue weighted by atomic mass is 16.4. The quantitative estimate of drug-likeness (QED) is 0.493. The molecule has 178 valence electrons. The van der Waals surface area contributed by atoms with Crippen LogP contribution in [0.4, 0.5) is 0 Å². The molecule has 2 aromatic carbocycles. The van der Waals surface area contributed by atoms with Gasteiger partial charge in [-0.1, -0.05) is 37.8 Å². The van der Waals surface area contributed by atoms with E-state index in [1.54, 1.807) is 19.4 Å². The number of carboxylic acids is 1. The van der Waals surface area contributed by atoms with E-state index in [1.165, 1.54) is 49.7 Å². The van der Waals surface area contributed by atoms with E-state index in [1.807, 2.05) is 24.3 Å². The van der Waals surface area contributed by atoms with Crippen LogP contribution in [0.2, 0.25) is 0 Å². The first-order valence-corrected chi connectivity index (χ1v) is 12.9. The first kappa shape index (κ1) is 23.2. The second-order valence-corrected chi connectivity index (χ2v) is 11.9. The molecule has 3 heteroatoms. The molecule has 3 nitrogen and oxygen atoms in total. The average Bonchev–Trinajstić information content (AvgIpc) is 3.71. The molecule has 2 aromatic rings. The van der Waals surface area contributed by atoms with Gasteiger partial charge in [0.1, 0.15) is 0 Å². The zero-order valence-corrected chi connectivity index (χ0v) is 21.0. The van der Waals surface area contributed by atoms with Crippen LogP contribution in [0.5, 0.6) is 0 Å². The van der Waals surface area contributed by atoms with Crippen molar-refractivity contribution >= 4 is 5.97 Å². The molecule has 3 aliphatic carbocycles. The molecule has 0 heterocycles. The van der Waals surface area contributed by atoms with Gasteiger partial charge in [-0.15, -0.1) is 0 Å². The normalized spacial score (nSPS) is 21.4. The minimum Gasteiger partial charge on any atom is -0.481 e. The molecule has 2 saturated carbocycles. The van der Waals surface area contributed by atoms with Crippen LogP contribution in [0.15, 0.2) is 36.4 Å². The maximum absolute atomic E-state index is 11.5. The van der Waals surface area contributed by atoms with Gasteiger partial charge in [-0.05, 0) is 123 Å². The van der Waals surface area contributed by atoms with Crippen LogP contribution in [-0.4, -0.2) is 17.6 Å². The molecule has 34 heavy (non-hydrogen) atoms. The van der Waals surface area contributed by atoms with Crippen molar-refractivity contribution in [1.82, 2.24) is 5.32 Å². The molecule has 0 aliphatic heterocycles. The van der Waals surface area contributed by atoms with E-state index in [4.69, 9.17) is 0 Å². The summed E-state index contributed by atoms with van der Waals surface area (Å²) in [6.45, 7) is 9.40. The summed E-state index contributed by atoms with van der Waals surface area (Å²) in [5.74, 6) is 7.53. The Morgan fingerprint density at radius 1 is 1.03 bits per heavy atom. The Morgan fingerprint density at radius 3 is 2.32 bits per heavy atom. The number of carbonyl (C=O) groups is 1. The van der Waals surface area contributed by atoms with Crippen molar-refractivity contribution in [1.29, 1.82) is 0 Å². The Labute approximate surface area is 204 Å². The van der Waals surface area contributed by atoms with Gasteiger partial charge in [0.05, 0.1) is 5.41 Å². The van der Waals surface area contributed by atoms with Crippen molar-refractivity contribution in [2.24, 2.45) is 5.92 Å². The predicted molar refractivity (Wildman–Crippen MR) is 137 cm³/mol. The van der Waals surface area contributed by atoms with Crippen molar-refractivity contribution < 1.29 is 9.90 Å². The first-order valence-electron chi connectivity index (χ1n) is 12.9. The number of nitrogens with one attached hydrogen (secondary N) is 1. The number of hydrogen-bond donors (Lipinski definition) is 2. The van der Waals surface area contributed by atoms with E-state index in [0.29, 0.717) is 12.0 Å². The maximum Gasteiger partial charge on any atom is 0.313 e. The monoisotopic (exact) mass is 455 g/mol. The molecule has 0 saturated heterocycles. The van der Waals surface area contributed by atoms with Gasteiger partial charge in [0.2, 0.25) is 0 Å². The zero-order valence-electron chi connectivity index (χ0n) is 21.0. The van der Waals surface area contributed by atoms with Gasteiger partial charge in [-0.25, -0.2) is 0 Å². The fraction of sp³-hybridized carbons (Fsp3) is 0.516. The fourth-order valence-corrected chi connectivity index (χ4v) is 5.29. The van der Waals surface area contributed by atoms with Crippen molar-refractivity contribution in [3.63, 3.8) is 0 Å². The molecule has 0 aromatic heterocycles. The van der Waals surface area contributed by atoms with E-state index >= 15 is 0 Å². The molecule has 2 fully saturated rings. The molecule has 5 rings (SSSR count). The van der Waals surface area contributed by atoms with Crippen LogP contribution in [0.25, 0.3) is 0 Å². The maximum atomic E-state index is 11.5. The lowest BCUT2D eigenvalue weighted by Crippen LogP contribution is -2.34. The van der Waals surface area contributed by atoms with E-state index in [-0.39, 0.29) is 5.41 Å². The van der Waals surface area contributed by atoms with Crippen LogP contribution >= 0.6 is 0 Å².